The molecular weight excluding hydrogens is 135 g/mol. The molecule has 0 saturated heterocycles. The van der Waals surface area contributed by atoms with Crippen LogP contribution in [0.4, 0.5) is 0 Å². The van der Waals surface area contributed by atoms with Crippen molar-refractivity contribution in [3.8, 4) is 0 Å². The first-order valence-corrected chi connectivity index (χ1v) is 2.23. The molecular formula is C3H10Cl2N2. The third-order valence-corrected chi connectivity index (χ3v) is 0.821. The van der Waals surface area contributed by atoms with Gasteiger partial charge in [-0.1, -0.05) is 0 Å². The van der Waals surface area contributed by atoms with E-state index in [2.05, 4.69) is 0 Å². The predicted octanol–water partition coefficient (Wildman–Crippen LogP) is 0.279. The van der Waals surface area contributed by atoms with Crippen molar-refractivity contribution in [2.75, 3.05) is 0 Å². The monoisotopic (exact) mass is 144 g/mol. The first-order chi connectivity index (χ1) is 2.64. The van der Waals surface area contributed by atoms with E-state index in [9.17, 15) is 0 Å². The standard InChI is InChI=1S/C3H9ClN2.ClH/c1-2(4)3(5)6;/h2-3H,5-6H2,1H3;1H. The molecule has 46 valence electrons. The van der Waals surface area contributed by atoms with E-state index in [0.717, 1.165) is 0 Å². The molecule has 0 aromatic heterocycles. The summed E-state index contributed by atoms with van der Waals surface area (Å²) in [5.41, 5.74) is 10.2. The average molecular weight is 145 g/mol. The molecule has 0 aliphatic rings. The topological polar surface area (TPSA) is 52.0 Å². The normalized spacial score (nSPS) is 13.3. The minimum absolute atomic E-state index is 0. The van der Waals surface area contributed by atoms with Gasteiger partial charge >= 0.3 is 0 Å². The van der Waals surface area contributed by atoms with Gasteiger partial charge in [0.25, 0.3) is 0 Å². The van der Waals surface area contributed by atoms with Crippen LogP contribution in [0, 0.1) is 0 Å². The molecule has 0 aliphatic heterocycles. The lowest BCUT2D eigenvalue weighted by atomic mass is 10.4. The molecule has 1 unspecified atom stereocenters. The van der Waals surface area contributed by atoms with E-state index < -0.39 is 0 Å². The Morgan fingerprint density at radius 3 is 1.57 bits per heavy atom. The highest BCUT2D eigenvalue weighted by molar-refractivity contribution is 6.20. The zero-order valence-corrected chi connectivity index (χ0v) is 5.67. The smallest absolute Gasteiger partial charge is 0.0686 e. The van der Waals surface area contributed by atoms with Gasteiger partial charge in [0.15, 0.2) is 0 Å². The fourth-order valence-corrected chi connectivity index (χ4v) is 0. The van der Waals surface area contributed by atoms with Crippen molar-refractivity contribution >= 4 is 24.0 Å². The highest BCUT2D eigenvalue weighted by Gasteiger charge is 1.99. The second kappa shape index (κ2) is 4.65. The fraction of sp³-hybridized carbons (Fsp3) is 1.00. The molecule has 0 fully saturated rings. The summed E-state index contributed by atoms with van der Waals surface area (Å²) in [5, 5.41) is -0.120. The number of alkyl halides is 1. The molecule has 7 heavy (non-hydrogen) atoms. The third kappa shape index (κ3) is 6.50. The Bertz CT molecular complexity index is 31.9. The number of hydrogen-bond acceptors (Lipinski definition) is 2. The van der Waals surface area contributed by atoms with Crippen LogP contribution < -0.4 is 11.5 Å². The lowest BCUT2D eigenvalue weighted by Gasteiger charge is -2.03. The molecule has 0 aromatic carbocycles. The van der Waals surface area contributed by atoms with Crippen molar-refractivity contribution in [2.45, 2.75) is 18.5 Å². The molecule has 0 amide bonds. The molecule has 4 N–H and O–H groups in total. The quantitative estimate of drug-likeness (QED) is 0.411. The second-order valence-electron chi connectivity index (χ2n) is 1.25. The number of rotatable bonds is 1. The molecule has 0 saturated carbocycles. The zero-order valence-electron chi connectivity index (χ0n) is 4.10. The van der Waals surface area contributed by atoms with E-state index >= 15 is 0 Å². The number of halogens is 2. The Kier molecular flexibility index (Phi) is 6.96. The maximum Gasteiger partial charge on any atom is 0.0686 e. The molecule has 4 heteroatoms. The molecule has 0 aromatic rings. The van der Waals surface area contributed by atoms with Gasteiger partial charge in [-0.2, -0.15) is 0 Å². The lowest BCUT2D eigenvalue weighted by Crippen LogP contribution is -2.37. The van der Waals surface area contributed by atoms with Crippen molar-refractivity contribution in [1.82, 2.24) is 0 Å². The Balaban J connectivity index is 0. The van der Waals surface area contributed by atoms with Crippen molar-refractivity contribution in [2.24, 2.45) is 11.5 Å². The summed E-state index contributed by atoms with van der Waals surface area (Å²) in [7, 11) is 0. The molecule has 0 heterocycles. The minimum Gasteiger partial charge on any atom is -0.315 e. The molecule has 0 rings (SSSR count). The van der Waals surface area contributed by atoms with Gasteiger partial charge in [0, 0.05) is 0 Å². The Hall–Kier alpha value is 0.500. The van der Waals surface area contributed by atoms with Crippen LogP contribution in [0.1, 0.15) is 6.92 Å². The maximum absolute atomic E-state index is 5.36. The fourth-order valence-electron chi connectivity index (χ4n) is 0. The third-order valence-electron chi connectivity index (χ3n) is 0.530. The Morgan fingerprint density at radius 2 is 1.57 bits per heavy atom. The van der Waals surface area contributed by atoms with E-state index in [1.807, 2.05) is 0 Å². The van der Waals surface area contributed by atoms with Gasteiger partial charge < -0.3 is 11.5 Å². The minimum atomic E-state index is -0.383. The first kappa shape index (κ1) is 10.5. The summed E-state index contributed by atoms with van der Waals surface area (Å²) < 4.78 is 0. The predicted molar refractivity (Wildman–Crippen MR) is 34.7 cm³/mol. The van der Waals surface area contributed by atoms with Crippen LogP contribution in [0.5, 0.6) is 0 Å². The summed E-state index contributed by atoms with van der Waals surface area (Å²) in [6.07, 6.45) is -0.383. The van der Waals surface area contributed by atoms with Crippen molar-refractivity contribution in [3.05, 3.63) is 0 Å². The van der Waals surface area contributed by atoms with Gasteiger partial charge in [-0.3, -0.25) is 0 Å². The zero-order chi connectivity index (χ0) is 5.15. The summed E-state index contributed by atoms with van der Waals surface area (Å²) >= 11 is 5.36. The molecule has 0 radical (unpaired) electrons. The molecule has 0 aliphatic carbocycles. The summed E-state index contributed by atoms with van der Waals surface area (Å²) in [5.74, 6) is 0. The van der Waals surface area contributed by atoms with Gasteiger partial charge in [-0.25, -0.2) is 0 Å². The van der Waals surface area contributed by atoms with Gasteiger partial charge in [0.05, 0.1) is 11.5 Å². The Labute approximate surface area is 54.6 Å². The van der Waals surface area contributed by atoms with Gasteiger partial charge in [-0.15, -0.1) is 24.0 Å². The van der Waals surface area contributed by atoms with Crippen LogP contribution in [0.25, 0.3) is 0 Å². The van der Waals surface area contributed by atoms with Gasteiger partial charge in [0.2, 0.25) is 0 Å². The highest BCUT2D eigenvalue weighted by atomic mass is 35.5. The van der Waals surface area contributed by atoms with Crippen molar-refractivity contribution in [3.63, 3.8) is 0 Å². The summed E-state index contributed by atoms with van der Waals surface area (Å²) in [6, 6.07) is 0. The molecule has 0 spiro atoms. The first-order valence-electron chi connectivity index (χ1n) is 1.80. The van der Waals surface area contributed by atoms with Crippen molar-refractivity contribution < 1.29 is 0 Å². The maximum atomic E-state index is 5.36. The largest absolute Gasteiger partial charge is 0.315 e. The molecule has 2 nitrogen and oxygen atoms in total. The van der Waals surface area contributed by atoms with Crippen LogP contribution in [0.2, 0.25) is 0 Å². The van der Waals surface area contributed by atoms with Crippen LogP contribution in [-0.2, 0) is 0 Å². The van der Waals surface area contributed by atoms with E-state index in [1.165, 1.54) is 0 Å². The van der Waals surface area contributed by atoms with Gasteiger partial charge in [-0.05, 0) is 6.92 Å². The second-order valence-corrected chi connectivity index (χ2v) is 1.94. The van der Waals surface area contributed by atoms with E-state index in [-0.39, 0.29) is 23.9 Å². The van der Waals surface area contributed by atoms with E-state index in [0.29, 0.717) is 0 Å². The van der Waals surface area contributed by atoms with E-state index in [4.69, 9.17) is 23.1 Å². The van der Waals surface area contributed by atoms with Crippen LogP contribution in [0.15, 0.2) is 0 Å². The summed E-state index contributed by atoms with van der Waals surface area (Å²) in [6.45, 7) is 1.76. The summed E-state index contributed by atoms with van der Waals surface area (Å²) in [4.78, 5) is 0. The highest BCUT2D eigenvalue weighted by Crippen LogP contribution is 1.90. The lowest BCUT2D eigenvalue weighted by molar-refractivity contribution is 0.690. The van der Waals surface area contributed by atoms with Crippen LogP contribution >= 0.6 is 24.0 Å². The SMILES string of the molecule is CC(Cl)C(N)N.Cl. The van der Waals surface area contributed by atoms with E-state index in [1.54, 1.807) is 6.92 Å². The van der Waals surface area contributed by atoms with Crippen LogP contribution in [-0.4, -0.2) is 11.5 Å². The Morgan fingerprint density at radius 1 is 1.43 bits per heavy atom. The van der Waals surface area contributed by atoms with Crippen LogP contribution in [0.3, 0.4) is 0 Å². The number of nitrogens with two attached hydrogens (primary N) is 2. The molecule has 1 atom stereocenters. The van der Waals surface area contributed by atoms with Crippen molar-refractivity contribution in [1.29, 1.82) is 0 Å². The number of hydrogen-bond donors (Lipinski definition) is 2. The molecule has 0 bridgehead atoms. The average Bonchev–Trinajstić information content (AvgIpc) is 1.36. The van der Waals surface area contributed by atoms with Gasteiger partial charge in [0.1, 0.15) is 0 Å².